The van der Waals surface area contributed by atoms with Crippen LogP contribution in [0.1, 0.15) is 5.56 Å². The first kappa shape index (κ1) is 20.9. The maximum atomic E-state index is 12.7. The molecule has 0 saturated carbocycles. The summed E-state index contributed by atoms with van der Waals surface area (Å²) in [5, 5.41) is 3.20. The van der Waals surface area contributed by atoms with Crippen molar-refractivity contribution in [2.45, 2.75) is 12.6 Å². The van der Waals surface area contributed by atoms with Crippen molar-refractivity contribution in [3.05, 3.63) is 35.9 Å². The number of nitrogens with one attached hydrogen (secondary N) is 1. The number of carbonyl (C=O) groups is 1. The molecular formula is C17H27ClN2O4. The highest BCUT2D eigenvalue weighted by Gasteiger charge is 2.26. The van der Waals surface area contributed by atoms with Crippen LogP contribution < -0.4 is 5.32 Å². The molecule has 2 rings (SSSR count). The van der Waals surface area contributed by atoms with E-state index in [1.807, 2.05) is 30.3 Å². The number of hydrogen-bond donors (Lipinski definition) is 1. The molecule has 7 heteroatoms. The quantitative estimate of drug-likeness (QED) is 0.670. The second-order valence-corrected chi connectivity index (χ2v) is 5.41. The van der Waals surface area contributed by atoms with Crippen molar-refractivity contribution >= 4 is 18.3 Å². The Bertz CT molecular complexity index is 455. The van der Waals surface area contributed by atoms with Gasteiger partial charge in [0.2, 0.25) is 0 Å². The van der Waals surface area contributed by atoms with Gasteiger partial charge in [-0.2, -0.15) is 0 Å². The molecule has 1 aromatic rings. The summed E-state index contributed by atoms with van der Waals surface area (Å²) in [4.78, 5) is 14.5. The lowest BCUT2D eigenvalue weighted by atomic mass is 10.2. The van der Waals surface area contributed by atoms with Crippen molar-refractivity contribution in [1.82, 2.24) is 10.2 Å². The molecule has 0 aliphatic carbocycles. The summed E-state index contributed by atoms with van der Waals surface area (Å²) in [5.41, 5.74) is 1.10. The minimum atomic E-state index is -0.411. The zero-order valence-electron chi connectivity index (χ0n) is 14.1. The Kier molecular flexibility index (Phi) is 10.6. The van der Waals surface area contributed by atoms with E-state index in [1.165, 1.54) is 0 Å². The van der Waals surface area contributed by atoms with Crippen LogP contribution in [0.2, 0.25) is 0 Å². The highest BCUT2D eigenvalue weighted by Crippen LogP contribution is 2.09. The van der Waals surface area contributed by atoms with Gasteiger partial charge in [0.1, 0.15) is 6.10 Å². The number of benzene rings is 1. The number of carbonyl (C=O) groups excluding carboxylic acids is 1. The van der Waals surface area contributed by atoms with Crippen LogP contribution in [-0.4, -0.2) is 70.1 Å². The first-order valence-corrected chi connectivity index (χ1v) is 8.03. The van der Waals surface area contributed by atoms with Gasteiger partial charge in [0.15, 0.2) is 0 Å². The molecule has 1 unspecified atom stereocenters. The summed E-state index contributed by atoms with van der Waals surface area (Å²) >= 11 is 0. The highest BCUT2D eigenvalue weighted by molar-refractivity contribution is 5.85. The van der Waals surface area contributed by atoms with Crippen LogP contribution in [0.4, 0.5) is 0 Å². The van der Waals surface area contributed by atoms with Crippen LogP contribution in [0.15, 0.2) is 30.3 Å². The fraction of sp³-hybridized carbons (Fsp3) is 0.588. The topological polar surface area (TPSA) is 60.0 Å². The Balaban J connectivity index is 0.00000288. The maximum Gasteiger partial charge on any atom is 0.253 e. The molecule has 136 valence electrons. The van der Waals surface area contributed by atoms with E-state index in [4.69, 9.17) is 14.2 Å². The standard InChI is InChI=1S/C17H26N2O4.ClH/c1-21-11-12-22-10-8-19(14-15-5-3-2-4-6-15)17(20)16-13-18-7-9-23-16;/h2-6,16,18H,7-14H2,1H3;1H. The van der Waals surface area contributed by atoms with Crippen LogP contribution in [0.25, 0.3) is 0 Å². The summed E-state index contributed by atoms with van der Waals surface area (Å²) < 4.78 is 16.0. The van der Waals surface area contributed by atoms with E-state index in [0.717, 1.165) is 12.1 Å². The molecule has 0 spiro atoms. The number of halogens is 1. The first-order valence-electron chi connectivity index (χ1n) is 8.03. The van der Waals surface area contributed by atoms with Crippen LogP contribution in [-0.2, 0) is 25.5 Å². The van der Waals surface area contributed by atoms with E-state index in [9.17, 15) is 4.79 Å². The van der Waals surface area contributed by atoms with Gasteiger partial charge in [-0.1, -0.05) is 30.3 Å². The molecule has 1 aliphatic heterocycles. The summed E-state index contributed by atoms with van der Waals surface area (Å²) in [6.07, 6.45) is -0.411. The molecule has 6 nitrogen and oxygen atoms in total. The second kappa shape index (κ2) is 12.2. The van der Waals surface area contributed by atoms with E-state index in [1.54, 1.807) is 12.0 Å². The molecule has 1 saturated heterocycles. The van der Waals surface area contributed by atoms with E-state index in [0.29, 0.717) is 46.1 Å². The molecule has 1 aromatic carbocycles. The Morgan fingerprint density at radius 1 is 1.29 bits per heavy atom. The smallest absolute Gasteiger partial charge is 0.253 e. The van der Waals surface area contributed by atoms with Crippen LogP contribution >= 0.6 is 12.4 Å². The monoisotopic (exact) mass is 358 g/mol. The highest BCUT2D eigenvalue weighted by atomic mass is 35.5. The lowest BCUT2D eigenvalue weighted by Crippen LogP contribution is -2.49. The van der Waals surface area contributed by atoms with Gasteiger partial charge in [-0.05, 0) is 5.56 Å². The fourth-order valence-electron chi connectivity index (χ4n) is 2.42. The largest absolute Gasteiger partial charge is 0.382 e. The molecule has 1 heterocycles. The third-order valence-electron chi connectivity index (χ3n) is 3.67. The molecular weight excluding hydrogens is 332 g/mol. The summed E-state index contributed by atoms with van der Waals surface area (Å²) in [6, 6.07) is 9.97. The van der Waals surface area contributed by atoms with Crippen molar-refractivity contribution in [1.29, 1.82) is 0 Å². The number of methoxy groups -OCH3 is 1. The minimum absolute atomic E-state index is 0. The predicted molar refractivity (Wildman–Crippen MR) is 94.4 cm³/mol. The number of morpholine rings is 1. The summed E-state index contributed by atoms with van der Waals surface area (Å²) in [5.74, 6) is 0.0106. The SMILES string of the molecule is COCCOCCN(Cc1ccccc1)C(=O)C1CNCCO1.Cl. The van der Waals surface area contributed by atoms with Gasteiger partial charge in [0.05, 0.1) is 26.4 Å². The Labute approximate surface area is 149 Å². The zero-order valence-corrected chi connectivity index (χ0v) is 14.9. The lowest BCUT2D eigenvalue weighted by Gasteiger charge is -2.30. The van der Waals surface area contributed by atoms with Crippen LogP contribution in [0, 0.1) is 0 Å². The maximum absolute atomic E-state index is 12.7. The van der Waals surface area contributed by atoms with Gasteiger partial charge in [-0.3, -0.25) is 4.79 Å². The Morgan fingerprint density at radius 2 is 2.08 bits per heavy atom. The van der Waals surface area contributed by atoms with E-state index in [2.05, 4.69) is 5.32 Å². The zero-order chi connectivity index (χ0) is 16.3. The average Bonchev–Trinajstić information content (AvgIpc) is 2.61. The van der Waals surface area contributed by atoms with Gasteiger partial charge in [-0.15, -0.1) is 12.4 Å². The fourth-order valence-corrected chi connectivity index (χ4v) is 2.42. The number of ether oxygens (including phenoxy) is 3. The molecule has 1 atom stereocenters. The number of hydrogen-bond acceptors (Lipinski definition) is 5. The average molecular weight is 359 g/mol. The van der Waals surface area contributed by atoms with Crippen molar-refractivity contribution < 1.29 is 19.0 Å². The van der Waals surface area contributed by atoms with Crippen LogP contribution in [0.3, 0.4) is 0 Å². The predicted octanol–water partition coefficient (Wildman–Crippen LogP) is 1.09. The molecule has 1 amide bonds. The first-order chi connectivity index (χ1) is 11.3. The molecule has 0 aromatic heterocycles. The minimum Gasteiger partial charge on any atom is -0.382 e. The van der Waals surface area contributed by atoms with Crippen molar-refractivity contribution in [3.8, 4) is 0 Å². The van der Waals surface area contributed by atoms with E-state index >= 15 is 0 Å². The van der Waals surface area contributed by atoms with Crippen LogP contribution in [0.5, 0.6) is 0 Å². The Morgan fingerprint density at radius 3 is 2.75 bits per heavy atom. The third-order valence-corrected chi connectivity index (χ3v) is 3.67. The van der Waals surface area contributed by atoms with Crippen molar-refractivity contribution in [2.24, 2.45) is 0 Å². The lowest BCUT2D eigenvalue weighted by molar-refractivity contribution is -0.146. The normalized spacial score (nSPS) is 17.1. The Hall–Kier alpha value is -1.18. The van der Waals surface area contributed by atoms with Gasteiger partial charge >= 0.3 is 0 Å². The molecule has 1 aliphatic rings. The van der Waals surface area contributed by atoms with Crippen molar-refractivity contribution in [3.63, 3.8) is 0 Å². The number of amides is 1. The summed E-state index contributed by atoms with van der Waals surface area (Å²) in [7, 11) is 1.64. The van der Waals surface area contributed by atoms with Gasteiger partial charge < -0.3 is 24.4 Å². The van der Waals surface area contributed by atoms with E-state index < -0.39 is 6.10 Å². The molecule has 24 heavy (non-hydrogen) atoms. The summed E-state index contributed by atoms with van der Waals surface area (Å²) in [6.45, 7) is 4.61. The second-order valence-electron chi connectivity index (χ2n) is 5.41. The molecule has 0 radical (unpaired) electrons. The third kappa shape index (κ3) is 7.15. The van der Waals surface area contributed by atoms with E-state index in [-0.39, 0.29) is 18.3 Å². The van der Waals surface area contributed by atoms with Gasteiger partial charge in [0.25, 0.3) is 5.91 Å². The molecule has 1 N–H and O–H groups in total. The number of nitrogens with zero attached hydrogens (tertiary/aromatic N) is 1. The molecule has 0 bridgehead atoms. The number of rotatable bonds is 9. The molecule has 1 fully saturated rings. The van der Waals surface area contributed by atoms with Gasteiger partial charge in [0, 0.05) is 33.3 Å². The van der Waals surface area contributed by atoms with Crippen molar-refractivity contribution in [2.75, 3.05) is 53.2 Å². The van der Waals surface area contributed by atoms with Gasteiger partial charge in [-0.25, -0.2) is 0 Å².